The summed E-state index contributed by atoms with van der Waals surface area (Å²) in [6.45, 7) is 9.32. The molecule has 0 aromatic carbocycles. The van der Waals surface area contributed by atoms with Crippen molar-refractivity contribution in [1.82, 2.24) is 4.90 Å². The van der Waals surface area contributed by atoms with E-state index in [1.54, 1.807) is 0 Å². The smallest absolute Gasteiger partial charge is 0.0609 e. The Morgan fingerprint density at radius 2 is 1.22 bits per heavy atom. The first kappa shape index (κ1) is 17.8. The highest BCUT2D eigenvalue weighted by Gasteiger charge is 2.22. The third-order valence-corrected chi connectivity index (χ3v) is 3.02. The molecule has 0 unspecified atom stereocenters. The number of aliphatic hydroxyl groups excluding tert-OH is 2. The van der Waals surface area contributed by atoms with Crippen molar-refractivity contribution in [2.45, 2.75) is 57.7 Å². The van der Waals surface area contributed by atoms with Crippen molar-refractivity contribution in [2.75, 3.05) is 26.3 Å². The van der Waals surface area contributed by atoms with E-state index in [2.05, 4.69) is 4.90 Å². The third kappa shape index (κ3) is 8.83. The summed E-state index contributed by atoms with van der Waals surface area (Å²) < 4.78 is 0. The highest BCUT2D eigenvalue weighted by Crippen LogP contribution is 2.12. The predicted molar refractivity (Wildman–Crippen MR) is 75.3 cm³/mol. The second kappa shape index (κ2) is 7.40. The number of hydrogen-bond acceptors (Lipinski definition) is 5. The standard InChI is InChI=1S/C13H31N3O2/c1-12(2,14)5-7-16(11(9-17)10-18)8-6-13(3,4)15/h11,17-18H,5-10,14-15H2,1-4H3. The summed E-state index contributed by atoms with van der Waals surface area (Å²) in [5.41, 5.74) is 11.5. The largest absolute Gasteiger partial charge is 0.395 e. The number of nitrogens with two attached hydrogens (primary N) is 2. The van der Waals surface area contributed by atoms with E-state index in [1.807, 2.05) is 27.7 Å². The molecular weight excluding hydrogens is 230 g/mol. The van der Waals surface area contributed by atoms with Gasteiger partial charge >= 0.3 is 0 Å². The molecule has 6 N–H and O–H groups in total. The second-order valence-corrected chi connectivity index (χ2v) is 6.53. The topological polar surface area (TPSA) is 95.7 Å². The van der Waals surface area contributed by atoms with E-state index >= 15 is 0 Å². The Kier molecular flexibility index (Phi) is 7.32. The molecule has 0 aromatic heterocycles. The fraction of sp³-hybridized carbons (Fsp3) is 1.00. The maximum atomic E-state index is 9.29. The first-order valence-electron chi connectivity index (χ1n) is 6.62. The lowest BCUT2D eigenvalue weighted by Gasteiger charge is -2.33. The molecule has 0 bridgehead atoms. The van der Waals surface area contributed by atoms with Gasteiger partial charge in [0.1, 0.15) is 0 Å². The van der Waals surface area contributed by atoms with Crippen molar-refractivity contribution in [2.24, 2.45) is 11.5 Å². The molecule has 0 rings (SSSR count). The van der Waals surface area contributed by atoms with Gasteiger partial charge in [0.25, 0.3) is 0 Å². The summed E-state index contributed by atoms with van der Waals surface area (Å²) >= 11 is 0. The number of nitrogens with zero attached hydrogens (tertiary/aromatic N) is 1. The molecule has 110 valence electrons. The van der Waals surface area contributed by atoms with E-state index in [1.165, 1.54) is 0 Å². The molecule has 0 heterocycles. The van der Waals surface area contributed by atoms with Gasteiger partial charge in [-0.05, 0) is 40.5 Å². The second-order valence-electron chi connectivity index (χ2n) is 6.53. The minimum absolute atomic E-state index is 0.0491. The molecule has 0 saturated heterocycles. The van der Waals surface area contributed by atoms with Crippen LogP contribution in [0.5, 0.6) is 0 Å². The maximum absolute atomic E-state index is 9.29. The molecule has 0 aliphatic carbocycles. The molecule has 5 heteroatoms. The fourth-order valence-corrected chi connectivity index (χ4v) is 1.63. The zero-order valence-corrected chi connectivity index (χ0v) is 12.3. The summed E-state index contributed by atoms with van der Waals surface area (Å²) in [6, 6.07) is -0.227. The van der Waals surface area contributed by atoms with Gasteiger partial charge in [0.05, 0.1) is 19.3 Å². The average Bonchev–Trinajstić information content (AvgIpc) is 2.19. The normalized spacial score (nSPS) is 13.7. The fourth-order valence-electron chi connectivity index (χ4n) is 1.63. The van der Waals surface area contributed by atoms with Crippen molar-refractivity contribution < 1.29 is 10.2 Å². The van der Waals surface area contributed by atoms with Crippen LogP contribution in [0.1, 0.15) is 40.5 Å². The van der Waals surface area contributed by atoms with Crippen LogP contribution in [0.15, 0.2) is 0 Å². The maximum Gasteiger partial charge on any atom is 0.0609 e. The van der Waals surface area contributed by atoms with Crippen molar-refractivity contribution >= 4 is 0 Å². The monoisotopic (exact) mass is 261 g/mol. The van der Waals surface area contributed by atoms with Crippen LogP contribution >= 0.6 is 0 Å². The average molecular weight is 261 g/mol. The summed E-state index contributed by atoms with van der Waals surface area (Å²) in [5, 5.41) is 18.6. The summed E-state index contributed by atoms with van der Waals surface area (Å²) in [6.07, 6.45) is 1.63. The minimum Gasteiger partial charge on any atom is -0.395 e. The SMILES string of the molecule is CC(C)(N)CCN(CCC(C)(C)N)C(CO)CO. The van der Waals surface area contributed by atoms with Crippen molar-refractivity contribution in [3.05, 3.63) is 0 Å². The van der Waals surface area contributed by atoms with Crippen LogP contribution in [0.25, 0.3) is 0 Å². The van der Waals surface area contributed by atoms with Crippen LogP contribution in [-0.4, -0.2) is 58.5 Å². The van der Waals surface area contributed by atoms with Gasteiger partial charge in [-0.1, -0.05) is 0 Å². The van der Waals surface area contributed by atoms with E-state index < -0.39 is 0 Å². The van der Waals surface area contributed by atoms with E-state index in [4.69, 9.17) is 11.5 Å². The molecular formula is C13H31N3O2. The van der Waals surface area contributed by atoms with E-state index in [-0.39, 0.29) is 30.3 Å². The Morgan fingerprint density at radius 3 is 1.44 bits per heavy atom. The third-order valence-electron chi connectivity index (χ3n) is 3.02. The van der Waals surface area contributed by atoms with Gasteiger partial charge < -0.3 is 21.7 Å². The lowest BCUT2D eigenvalue weighted by Crippen LogP contribution is -2.47. The number of aliphatic hydroxyl groups is 2. The molecule has 0 radical (unpaired) electrons. The molecule has 0 atom stereocenters. The van der Waals surface area contributed by atoms with Gasteiger partial charge in [-0.25, -0.2) is 0 Å². The van der Waals surface area contributed by atoms with E-state index in [0.29, 0.717) is 0 Å². The molecule has 18 heavy (non-hydrogen) atoms. The lowest BCUT2D eigenvalue weighted by atomic mass is 9.99. The van der Waals surface area contributed by atoms with Crippen molar-refractivity contribution in [1.29, 1.82) is 0 Å². The number of rotatable bonds is 9. The van der Waals surface area contributed by atoms with Gasteiger partial charge in [-0.2, -0.15) is 0 Å². The highest BCUT2D eigenvalue weighted by molar-refractivity contribution is 4.80. The minimum atomic E-state index is -0.244. The zero-order valence-electron chi connectivity index (χ0n) is 12.3. The van der Waals surface area contributed by atoms with Crippen LogP contribution in [0.4, 0.5) is 0 Å². The van der Waals surface area contributed by atoms with Crippen LogP contribution < -0.4 is 11.5 Å². The van der Waals surface area contributed by atoms with Crippen LogP contribution in [0, 0.1) is 0 Å². The van der Waals surface area contributed by atoms with Gasteiger partial charge in [-0.3, -0.25) is 4.90 Å². The van der Waals surface area contributed by atoms with Gasteiger partial charge in [0.2, 0.25) is 0 Å². The Balaban J connectivity index is 4.42. The molecule has 0 aromatic rings. The van der Waals surface area contributed by atoms with Gasteiger partial charge in [0, 0.05) is 24.2 Å². The van der Waals surface area contributed by atoms with Crippen LogP contribution in [0.2, 0.25) is 0 Å². The van der Waals surface area contributed by atoms with E-state index in [9.17, 15) is 10.2 Å². The molecule has 0 saturated carbocycles. The van der Waals surface area contributed by atoms with Crippen LogP contribution in [-0.2, 0) is 0 Å². The first-order chi connectivity index (χ1) is 8.09. The Morgan fingerprint density at radius 1 is 0.889 bits per heavy atom. The number of hydrogen-bond donors (Lipinski definition) is 4. The van der Waals surface area contributed by atoms with Crippen molar-refractivity contribution in [3.63, 3.8) is 0 Å². The molecule has 0 fully saturated rings. The van der Waals surface area contributed by atoms with Gasteiger partial charge in [0.15, 0.2) is 0 Å². The predicted octanol–water partition coefficient (Wildman–Crippen LogP) is -0.104. The molecule has 0 aliphatic rings. The Hall–Kier alpha value is -0.200. The quantitative estimate of drug-likeness (QED) is 0.465. The Labute approximate surface area is 111 Å². The lowest BCUT2D eigenvalue weighted by molar-refractivity contribution is 0.0649. The summed E-state index contributed by atoms with van der Waals surface area (Å²) in [4.78, 5) is 2.07. The van der Waals surface area contributed by atoms with Gasteiger partial charge in [-0.15, -0.1) is 0 Å². The zero-order chi connectivity index (χ0) is 14.4. The first-order valence-corrected chi connectivity index (χ1v) is 6.62. The molecule has 0 amide bonds. The molecule has 5 nitrogen and oxygen atoms in total. The summed E-state index contributed by atoms with van der Waals surface area (Å²) in [5.74, 6) is 0. The van der Waals surface area contributed by atoms with Crippen molar-refractivity contribution in [3.8, 4) is 0 Å². The molecule has 0 spiro atoms. The Bertz CT molecular complexity index is 199. The highest BCUT2D eigenvalue weighted by atomic mass is 16.3. The molecule has 0 aliphatic heterocycles. The van der Waals surface area contributed by atoms with Crippen LogP contribution in [0.3, 0.4) is 0 Å². The van der Waals surface area contributed by atoms with E-state index in [0.717, 1.165) is 25.9 Å². The summed E-state index contributed by atoms with van der Waals surface area (Å²) in [7, 11) is 0.